The maximum Gasteiger partial charge on any atom is 0.243 e. The molecule has 1 aliphatic rings. The fraction of sp³-hybridized carbons (Fsp3) is 0.571. The molecule has 6 nitrogen and oxygen atoms in total. The van der Waals surface area contributed by atoms with E-state index >= 15 is 0 Å². The van der Waals surface area contributed by atoms with Gasteiger partial charge < -0.3 is 14.8 Å². The summed E-state index contributed by atoms with van der Waals surface area (Å²) in [7, 11) is 1.45. The summed E-state index contributed by atoms with van der Waals surface area (Å²) >= 11 is 0. The fourth-order valence-corrected chi connectivity index (χ4v) is 4.06. The quantitative estimate of drug-likeness (QED) is 0.825. The van der Waals surface area contributed by atoms with Gasteiger partial charge in [0.15, 0.2) is 0 Å². The monoisotopic (exact) mass is 314 g/mol. The summed E-state index contributed by atoms with van der Waals surface area (Å²) in [6.07, 6.45) is -0.462. The van der Waals surface area contributed by atoms with E-state index in [4.69, 9.17) is 9.47 Å². The van der Waals surface area contributed by atoms with Gasteiger partial charge in [-0.25, -0.2) is 8.42 Å². The Hall–Kier alpha value is -0.990. The number of hydrogen-bond acceptors (Lipinski definition) is 5. The van der Waals surface area contributed by atoms with Gasteiger partial charge in [-0.15, -0.1) is 0 Å². The summed E-state index contributed by atoms with van der Waals surface area (Å²) in [5, 5.41) is 3.02. The molecular weight excluding hydrogens is 292 g/mol. The van der Waals surface area contributed by atoms with E-state index in [1.165, 1.54) is 4.31 Å². The van der Waals surface area contributed by atoms with Crippen LogP contribution in [-0.2, 0) is 26.0 Å². The molecule has 0 aliphatic carbocycles. The molecule has 0 spiro atoms. The Kier molecular flexibility index (Phi) is 5.34. The van der Waals surface area contributed by atoms with Crippen molar-refractivity contribution in [3.63, 3.8) is 0 Å². The van der Waals surface area contributed by atoms with Crippen LogP contribution in [0.25, 0.3) is 0 Å². The summed E-state index contributed by atoms with van der Waals surface area (Å²) in [4.78, 5) is 0.307. The molecule has 0 saturated carbocycles. The second-order valence-corrected chi connectivity index (χ2v) is 6.99. The molecule has 21 heavy (non-hydrogen) atoms. The Labute approximate surface area is 126 Å². The number of benzene rings is 1. The van der Waals surface area contributed by atoms with Crippen molar-refractivity contribution in [2.75, 3.05) is 34.4 Å². The zero-order valence-electron chi connectivity index (χ0n) is 12.6. The molecule has 0 aromatic heterocycles. The van der Waals surface area contributed by atoms with E-state index in [2.05, 4.69) is 5.32 Å². The largest absolute Gasteiger partial charge is 0.377 e. The van der Waals surface area contributed by atoms with Crippen molar-refractivity contribution in [3.8, 4) is 0 Å². The average molecular weight is 314 g/mol. The highest BCUT2D eigenvalue weighted by Gasteiger charge is 2.39. The van der Waals surface area contributed by atoms with Crippen LogP contribution < -0.4 is 5.32 Å². The molecular formula is C14H22N2O4S. The fourth-order valence-electron chi connectivity index (χ4n) is 2.53. The van der Waals surface area contributed by atoms with Gasteiger partial charge in [-0.05, 0) is 24.7 Å². The van der Waals surface area contributed by atoms with E-state index in [1.54, 1.807) is 32.4 Å². The molecule has 2 unspecified atom stereocenters. The Balaban J connectivity index is 2.24. The van der Waals surface area contributed by atoms with Gasteiger partial charge in [0, 0.05) is 33.9 Å². The van der Waals surface area contributed by atoms with Gasteiger partial charge in [-0.2, -0.15) is 4.31 Å². The van der Waals surface area contributed by atoms with E-state index in [1.807, 2.05) is 13.1 Å². The molecule has 118 valence electrons. The highest BCUT2D eigenvalue weighted by atomic mass is 32.2. The van der Waals surface area contributed by atoms with Crippen LogP contribution in [0.15, 0.2) is 29.2 Å². The van der Waals surface area contributed by atoms with Crippen LogP contribution in [0, 0.1) is 0 Å². The van der Waals surface area contributed by atoms with Gasteiger partial charge in [0.1, 0.15) is 0 Å². The van der Waals surface area contributed by atoms with Crippen molar-refractivity contribution < 1.29 is 17.9 Å². The number of ether oxygens (including phenoxy) is 2. The molecule has 7 heteroatoms. The Morgan fingerprint density at radius 1 is 1.24 bits per heavy atom. The Bertz CT molecular complexity index is 564. The maximum atomic E-state index is 12.7. The summed E-state index contributed by atoms with van der Waals surface area (Å²) in [5.74, 6) is 0. The van der Waals surface area contributed by atoms with Crippen molar-refractivity contribution in [2.45, 2.75) is 23.6 Å². The van der Waals surface area contributed by atoms with E-state index in [0.717, 1.165) is 5.56 Å². The minimum atomic E-state index is -3.52. The number of methoxy groups -OCH3 is 2. The molecule has 2 rings (SSSR count). The van der Waals surface area contributed by atoms with E-state index < -0.39 is 10.0 Å². The van der Waals surface area contributed by atoms with E-state index in [0.29, 0.717) is 24.5 Å². The van der Waals surface area contributed by atoms with E-state index in [-0.39, 0.29) is 12.2 Å². The molecule has 1 aromatic carbocycles. The molecule has 1 aromatic rings. The van der Waals surface area contributed by atoms with Crippen LogP contribution >= 0.6 is 0 Å². The van der Waals surface area contributed by atoms with Crippen molar-refractivity contribution in [3.05, 3.63) is 29.8 Å². The number of nitrogens with one attached hydrogen (secondary N) is 1. The van der Waals surface area contributed by atoms with Gasteiger partial charge in [0.25, 0.3) is 0 Å². The summed E-state index contributed by atoms with van der Waals surface area (Å²) in [6, 6.07) is 6.98. The highest BCUT2D eigenvalue weighted by molar-refractivity contribution is 7.89. The molecule has 2 atom stereocenters. The van der Waals surface area contributed by atoms with Crippen LogP contribution in [0.2, 0.25) is 0 Å². The van der Waals surface area contributed by atoms with Crippen molar-refractivity contribution in [2.24, 2.45) is 0 Å². The predicted molar refractivity (Wildman–Crippen MR) is 79.6 cm³/mol. The van der Waals surface area contributed by atoms with Gasteiger partial charge >= 0.3 is 0 Å². The second kappa shape index (κ2) is 6.85. The van der Waals surface area contributed by atoms with Gasteiger partial charge in [0.2, 0.25) is 10.0 Å². The SMILES string of the molecule is CNCc1cccc(S(=O)(=O)N2CC(OC)C(OC)C2)c1. The highest BCUT2D eigenvalue weighted by Crippen LogP contribution is 2.24. The van der Waals surface area contributed by atoms with Crippen LogP contribution in [0.4, 0.5) is 0 Å². The van der Waals surface area contributed by atoms with Crippen molar-refractivity contribution in [1.82, 2.24) is 9.62 Å². The first-order valence-electron chi connectivity index (χ1n) is 6.82. The number of rotatable bonds is 6. The number of sulfonamides is 1. The normalized spacial score (nSPS) is 23.6. The minimum Gasteiger partial charge on any atom is -0.377 e. The van der Waals surface area contributed by atoms with Gasteiger partial charge in [-0.3, -0.25) is 0 Å². The molecule has 1 N–H and O–H groups in total. The molecule has 0 bridgehead atoms. The topological polar surface area (TPSA) is 67.9 Å². The standard InChI is InChI=1S/C14H22N2O4S/c1-15-8-11-5-4-6-12(7-11)21(17,18)16-9-13(19-2)14(10-16)20-3/h4-7,13-15H,8-10H2,1-3H3. The van der Waals surface area contributed by atoms with Crippen LogP contribution in [0.1, 0.15) is 5.56 Å². The predicted octanol–water partition coefficient (Wildman–Crippen LogP) is 0.440. The first-order valence-corrected chi connectivity index (χ1v) is 8.26. The summed E-state index contributed by atoms with van der Waals surface area (Å²) < 4.78 is 37.4. The van der Waals surface area contributed by atoms with Gasteiger partial charge in [-0.1, -0.05) is 12.1 Å². The molecule has 1 aliphatic heterocycles. The Morgan fingerprint density at radius 3 is 2.38 bits per heavy atom. The lowest BCUT2D eigenvalue weighted by Gasteiger charge is -2.16. The third kappa shape index (κ3) is 3.44. The zero-order chi connectivity index (χ0) is 15.5. The first-order chi connectivity index (χ1) is 10.0. The van der Waals surface area contributed by atoms with Crippen molar-refractivity contribution >= 4 is 10.0 Å². The lowest BCUT2D eigenvalue weighted by Crippen LogP contribution is -2.30. The molecule has 1 saturated heterocycles. The zero-order valence-corrected chi connectivity index (χ0v) is 13.4. The van der Waals surface area contributed by atoms with Crippen LogP contribution in [-0.4, -0.2) is 59.3 Å². The smallest absolute Gasteiger partial charge is 0.243 e. The first kappa shape index (κ1) is 16.4. The molecule has 0 amide bonds. The third-order valence-corrected chi connectivity index (χ3v) is 5.53. The van der Waals surface area contributed by atoms with Gasteiger partial charge in [0.05, 0.1) is 17.1 Å². The lowest BCUT2D eigenvalue weighted by molar-refractivity contribution is -0.00461. The molecule has 1 heterocycles. The number of nitrogens with zero attached hydrogens (tertiary/aromatic N) is 1. The average Bonchev–Trinajstić information content (AvgIpc) is 2.92. The molecule has 0 radical (unpaired) electrons. The van der Waals surface area contributed by atoms with Crippen molar-refractivity contribution in [1.29, 1.82) is 0 Å². The van der Waals surface area contributed by atoms with E-state index in [9.17, 15) is 8.42 Å². The Morgan fingerprint density at radius 2 is 1.86 bits per heavy atom. The summed E-state index contributed by atoms with van der Waals surface area (Å²) in [6.45, 7) is 1.26. The van der Waals surface area contributed by atoms with Crippen LogP contribution in [0.5, 0.6) is 0 Å². The maximum absolute atomic E-state index is 12.7. The van der Waals surface area contributed by atoms with Crippen LogP contribution in [0.3, 0.4) is 0 Å². The third-order valence-electron chi connectivity index (χ3n) is 3.70. The minimum absolute atomic E-state index is 0.231. The summed E-state index contributed by atoms with van der Waals surface area (Å²) in [5.41, 5.74) is 0.935. The molecule has 1 fully saturated rings. The lowest BCUT2D eigenvalue weighted by atomic mass is 10.2. The second-order valence-electron chi connectivity index (χ2n) is 5.05. The number of hydrogen-bond donors (Lipinski definition) is 1.